The Kier molecular flexibility index (Phi) is 4.53. The van der Waals surface area contributed by atoms with E-state index < -0.39 is 22.6 Å². The number of hydrogen-bond donors (Lipinski definition) is 0. The zero-order chi connectivity index (χ0) is 27.0. The first kappa shape index (κ1) is 22.5. The van der Waals surface area contributed by atoms with Gasteiger partial charge in [0.05, 0.1) is 17.3 Å². The Morgan fingerprint density at radius 3 is 1.75 bits per heavy atom. The summed E-state index contributed by atoms with van der Waals surface area (Å²) in [6.45, 7) is 0.238. The summed E-state index contributed by atoms with van der Waals surface area (Å²) in [5, 5.41) is 1.04. The number of nitrogens with zero attached hydrogens (tertiary/aromatic N) is 1. The molecule has 2 aromatic heterocycles. The average Bonchev–Trinajstić information content (AvgIpc) is 3.21. The summed E-state index contributed by atoms with van der Waals surface area (Å²) in [6, 6.07) is 30.8. The van der Waals surface area contributed by atoms with E-state index in [2.05, 4.69) is 0 Å². The fourth-order valence-electron chi connectivity index (χ4n) is 6.19. The minimum absolute atomic E-state index is 0.0331. The molecule has 8 rings (SSSR count). The lowest BCUT2D eigenvalue weighted by atomic mass is 9.69. The zero-order valence-electron chi connectivity index (χ0n) is 20.9. The van der Waals surface area contributed by atoms with Crippen LogP contribution in [0.15, 0.2) is 122 Å². The Bertz CT molecular complexity index is 2040. The van der Waals surface area contributed by atoms with Crippen molar-refractivity contribution in [2.75, 3.05) is 4.90 Å². The summed E-state index contributed by atoms with van der Waals surface area (Å²) in [5.74, 6) is -0.0619. The van der Waals surface area contributed by atoms with E-state index in [1.165, 1.54) is 0 Å². The monoisotopic (exact) mass is 525 g/mol. The third-order valence-corrected chi connectivity index (χ3v) is 7.83. The molecule has 4 heterocycles. The van der Waals surface area contributed by atoms with Crippen molar-refractivity contribution in [1.82, 2.24) is 0 Å². The van der Waals surface area contributed by atoms with Gasteiger partial charge in [0.25, 0.3) is 0 Å². The highest BCUT2D eigenvalue weighted by Gasteiger charge is 2.61. The van der Waals surface area contributed by atoms with E-state index >= 15 is 0 Å². The second kappa shape index (κ2) is 8.04. The summed E-state index contributed by atoms with van der Waals surface area (Å²) in [4.78, 5) is 44.4. The molecule has 1 spiro atoms. The number of benzene rings is 4. The van der Waals surface area contributed by atoms with Gasteiger partial charge in [-0.2, -0.15) is 0 Å². The highest BCUT2D eigenvalue weighted by Crippen LogP contribution is 2.58. The molecule has 0 fully saturated rings. The summed E-state index contributed by atoms with van der Waals surface area (Å²) in [6.07, 6.45) is 0. The second-order valence-electron chi connectivity index (χ2n) is 9.93. The first-order valence-electron chi connectivity index (χ1n) is 12.8. The Morgan fingerprint density at radius 2 is 1.12 bits per heavy atom. The zero-order valence-corrected chi connectivity index (χ0v) is 20.9. The lowest BCUT2D eigenvalue weighted by molar-refractivity contribution is -0.121. The quantitative estimate of drug-likeness (QED) is 0.262. The van der Waals surface area contributed by atoms with Crippen LogP contribution in [0.3, 0.4) is 0 Å². The summed E-state index contributed by atoms with van der Waals surface area (Å²) in [7, 11) is 0. The van der Waals surface area contributed by atoms with Crippen LogP contribution in [-0.2, 0) is 16.8 Å². The highest BCUT2D eigenvalue weighted by atomic mass is 16.5. The molecule has 1 amide bonds. The van der Waals surface area contributed by atoms with Crippen LogP contribution in [0.1, 0.15) is 22.3 Å². The lowest BCUT2D eigenvalue weighted by Gasteiger charge is -2.34. The fraction of sp³-hybridized carbons (Fsp3) is 0.0606. The van der Waals surface area contributed by atoms with Gasteiger partial charge in [-0.05, 0) is 35.9 Å². The maximum atomic E-state index is 15.0. The molecule has 40 heavy (non-hydrogen) atoms. The molecule has 4 aromatic carbocycles. The average molecular weight is 526 g/mol. The summed E-state index contributed by atoms with van der Waals surface area (Å²) >= 11 is 0. The van der Waals surface area contributed by atoms with Gasteiger partial charge in [0.15, 0.2) is 11.5 Å². The second-order valence-corrected chi connectivity index (χ2v) is 9.93. The molecule has 192 valence electrons. The highest BCUT2D eigenvalue weighted by molar-refractivity contribution is 6.15. The van der Waals surface area contributed by atoms with E-state index in [1.807, 2.05) is 42.5 Å². The van der Waals surface area contributed by atoms with E-state index in [-0.39, 0.29) is 29.2 Å². The van der Waals surface area contributed by atoms with Crippen LogP contribution in [0.2, 0.25) is 0 Å². The third kappa shape index (κ3) is 2.81. The smallest absolute Gasteiger partial charge is 0.345 e. The van der Waals surface area contributed by atoms with Gasteiger partial charge in [-0.25, -0.2) is 9.59 Å². The molecule has 7 nitrogen and oxygen atoms in total. The van der Waals surface area contributed by atoms with Crippen LogP contribution in [0, 0.1) is 0 Å². The molecule has 0 atom stereocenters. The first-order chi connectivity index (χ1) is 19.6. The molecular formula is C33H19NO6. The molecule has 2 aliphatic rings. The molecule has 2 aliphatic heterocycles. The van der Waals surface area contributed by atoms with Crippen LogP contribution in [0.25, 0.3) is 21.9 Å². The maximum absolute atomic E-state index is 15.0. The minimum Gasteiger partial charge on any atom is -0.455 e. The van der Waals surface area contributed by atoms with Crippen LogP contribution >= 0.6 is 0 Å². The minimum atomic E-state index is -1.84. The van der Waals surface area contributed by atoms with Crippen molar-refractivity contribution in [3.05, 3.63) is 146 Å². The molecule has 0 saturated carbocycles. The normalized spacial score (nSPS) is 14.7. The molecule has 0 saturated heterocycles. The van der Waals surface area contributed by atoms with Crippen LogP contribution < -0.4 is 20.9 Å². The number of carbonyl (C=O) groups excluding carboxylic acids is 1. The van der Waals surface area contributed by atoms with Gasteiger partial charge in [-0.15, -0.1) is 0 Å². The summed E-state index contributed by atoms with van der Waals surface area (Å²) in [5.41, 5.74) is -0.803. The van der Waals surface area contributed by atoms with E-state index in [4.69, 9.17) is 13.6 Å². The van der Waals surface area contributed by atoms with E-state index in [0.717, 1.165) is 5.56 Å². The van der Waals surface area contributed by atoms with Gasteiger partial charge >= 0.3 is 11.3 Å². The van der Waals surface area contributed by atoms with Crippen molar-refractivity contribution in [1.29, 1.82) is 0 Å². The number of amides is 1. The molecule has 0 radical (unpaired) electrons. The molecule has 6 aromatic rings. The Hall–Kier alpha value is -5.43. The van der Waals surface area contributed by atoms with Crippen molar-refractivity contribution in [2.24, 2.45) is 0 Å². The van der Waals surface area contributed by atoms with Gasteiger partial charge in [-0.3, -0.25) is 4.79 Å². The maximum Gasteiger partial charge on any atom is 0.345 e. The first-order valence-corrected chi connectivity index (χ1v) is 12.8. The van der Waals surface area contributed by atoms with Gasteiger partial charge in [0.2, 0.25) is 5.91 Å². The van der Waals surface area contributed by atoms with Crippen molar-refractivity contribution in [3.63, 3.8) is 0 Å². The van der Waals surface area contributed by atoms with Crippen molar-refractivity contribution in [2.45, 2.75) is 12.0 Å². The predicted octanol–water partition coefficient (Wildman–Crippen LogP) is 5.89. The molecule has 0 aliphatic carbocycles. The SMILES string of the molecule is O=C1N(Cc2ccccc2)c2ccccc2C12c1c(c3ccccc3oc1=O)Oc1c2c(=O)oc2ccccc12. The molecule has 0 unspecified atom stereocenters. The number of anilines is 1. The number of ether oxygens (including phenoxy) is 1. The largest absolute Gasteiger partial charge is 0.455 e. The lowest BCUT2D eigenvalue weighted by Crippen LogP contribution is -2.48. The Morgan fingerprint density at radius 1 is 0.600 bits per heavy atom. The predicted molar refractivity (Wildman–Crippen MR) is 149 cm³/mol. The van der Waals surface area contributed by atoms with Crippen LogP contribution in [0.4, 0.5) is 5.69 Å². The fourth-order valence-corrected chi connectivity index (χ4v) is 6.19. The molecule has 0 N–H and O–H groups in total. The van der Waals surface area contributed by atoms with Gasteiger partial charge in [-0.1, -0.05) is 72.8 Å². The topological polar surface area (TPSA) is 90.0 Å². The Labute approximate surface area is 226 Å². The van der Waals surface area contributed by atoms with E-state index in [1.54, 1.807) is 65.6 Å². The van der Waals surface area contributed by atoms with Crippen molar-refractivity contribution < 1.29 is 18.4 Å². The van der Waals surface area contributed by atoms with Gasteiger partial charge in [0, 0.05) is 11.3 Å². The molecular weight excluding hydrogens is 506 g/mol. The number of fused-ring (bicyclic) bond motifs is 10. The van der Waals surface area contributed by atoms with Crippen molar-refractivity contribution in [3.8, 4) is 11.5 Å². The van der Waals surface area contributed by atoms with Crippen LogP contribution in [-0.4, -0.2) is 5.91 Å². The van der Waals surface area contributed by atoms with Crippen LogP contribution in [0.5, 0.6) is 11.5 Å². The van der Waals surface area contributed by atoms with E-state index in [9.17, 15) is 14.4 Å². The van der Waals surface area contributed by atoms with Crippen molar-refractivity contribution >= 4 is 33.5 Å². The van der Waals surface area contributed by atoms with Gasteiger partial charge in [0.1, 0.15) is 27.7 Å². The third-order valence-electron chi connectivity index (χ3n) is 7.83. The standard InChI is InChI=1S/C33H19NO6/c35-30-26-28(20-12-4-8-16-24(20)38-30)40-29-21-13-5-9-17-25(21)39-31(36)27(29)33(26)22-14-6-7-15-23(22)34(32(33)37)18-19-10-2-1-3-11-19/h1-17H,18H2. The van der Waals surface area contributed by atoms with E-state index in [0.29, 0.717) is 33.2 Å². The number of para-hydroxylation sites is 3. The number of rotatable bonds is 2. The molecule has 0 bridgehead atoms. The summed E-state index contributed by atoms with van der Waals surface area (Å²) < 4.78 is 18.0. The van der Waals surface area contributed by atoms with Gasteiger partial charge < -0.3 is 18.5 Å². The number of carbonyl (C=O) groups is 1. The number of hydrogen-bond acceptors (Lipinski definition) is 6. The Balaban J connectivity index is 1.55. The molecule has 7 heteroatoms.